The predicted octanol–water partition coefficient (Wildman–Crippen LogP) is 1.93. The maximum absolute atomic E-state index is 10.6. The Labute approximate surface area is 88.5 Å². The van der Waals surface area contributed by atoms with E-state index < -0.39 is 4.92 Å². The number of hydrogen-bond acceptors (Lipinski definition) is 4. The first-order valence-corrected chi connectivity index (χ1v) is 5.06. The summed E-state index contributed by atoms with van der Waals surface area (Å²) in [5.41, 5.74) is 0. The smallest absolute Gasteiger partial charge is 0.364 e. The first-order chi connectivity index (χ1) is 7.16. The molecule has 0 atom stereocenters. The highest BCUT2D eigenvalue weighted by atomic mass is 16.6. The van der Waals surface area contributed by atoms with Crippen molar-refractivity contribution in [3.63, 3.8) is 0 Å². The van der Waals surface area contributed by atoms with Crippen LogP contribution in [0.2, 0.25) is 0 Å². The summed E-state index contributed by atoms with van der Waals surface area (Å²) in [5.74, 6) is 0.380. The minimum Gasteiger partial charge on any atom is -0.364 e. The fourth-order valence-electron chi connectivity index (χ4n) is 1.34. The molecule has 0 amide bonds. The first-order valence-electron chi connectivity index (χ1n) is 5.06. The molecule has 15 heavy (non-hydrogen) atoms. The van der Waals surface area contributed by atoms with Crippen LogP contribution in [0, 0.1) is 10.1 Å². The van der Waals surface area contributed by atoms with Crippen LogP contribution in [-0.4, -0.2) is 21.0 Å². The number of anilines is 1. The van der Waals surface area contributed by atoms with E-state index in [2.05, 4.69) is 17.2 Å². The Bertz CT molecular complexity index is 335. The Morgan fingerprint density at radius 1 is 1.60 bits per heavy atom. The van der Waals surface area contributed by atoms with Crippen LogP contribution in [0.15, 0.2) is 6.33 Å². The largest absolute Gasteiger partial charge is 0.406 e. The maximum Gasteiger partial charge on any atom is 0.406 e. The molecule has 1 rings (SSSR count). The van der Waals surface area contributed by atoms with Crippen molar-refractivity contribution in [3.05, 3.63) is 16.4 Å². The van der Waals surface area contributed by atoms with E-state index in [1.54, 1.807) is 11.6 Å². The summed E-state index contributed by atoms with van der Waals surface area (Å²) in [5, 5.41) is 13.7. The van der Waals surface area contributed by atoms with Crippen molar-refractivity contribution in [2.24, 2.45) is 7.05 Å². The molecule has 0 fully saturated rings. The zero-order valence-corrected chi connectivity index (χ0v) is 9.06. The van der Waals surface area contributed by atoms with Crippen LogP contribution in [0.3, 0.4) is 0 Å². The second-order valence-electron chi connectivity index (χ2n) is 3.42. The Morgan fingerprint density at radius 3 is 2.93 bits per heavy atom. The van der Waals surface area contributed by atoms with Gasteiger partial charge in [0.1, 0.15) is 0 Å². The van der Waals surface area contributed by atoms with Crippen molar-refractivity contribution in [1.29, 1.82) is 0 Å². The molecule has 0 aromatic carbocycles. The van der Waals surface area contributed by atoms with Crippen molar-refractivity contribution in [3.8, 4) is 0 Å². The van der Waals surface area contributed by atoms with Gasteiger partial charge in [-0.3, -0.25) is 4.57 Å². The van der Waals surface area contributed by atoms with Gasteiger partial charge in [-0.15, -0.1) is 0 Å². The van der Waals surface area contributed by atoms with E-state index >= 15 is 0 Å². The number of unbranched alkanes of at least 4 members (excludes halogenated alkanes) is 2. The van der Waals surface area contributed by atoms with Gasteiger partial charge in [-0.2, -0.15) is 0 Å². The number of nitrogens with zero attached hydrogens (tertiary/aromatic N) is 3. The van der Waals surface area contributed by atoms with E-state index in [1.807, 2.05) is 0 Å². The van der Waals surface area contributed by atoms with Gasteiger partial charge in [0.05, 0.1) is 0 Å². The molecule has 84 valence electrons. The highest BCUT2D eigenvalue weighted by Crippen LogP contribution is 2.20. The van der Waals surface area contributed by atoms with Crippen LogP contribution < -0.4 is 5.32 Å². The Hall–Kier alpha value is -1.59. The minimum atomic E-state index is -0.470. The number of nitrogens with one attached hydrogen (secondary N) is 1. The molecule has 1 heterocycles. The van der Waals surface area contributed by atoms with E-state index in [1.165, 1.54) is 6.33 Å². The zero-order chi connectivity index (χ0) is 11.3. The highest BCUT2D eigenvalue weighted by Gasteiger charge is 2.18. The molecule has 0 saturated heterocycles. The van der Waals surface area contributed by atoms with Crippen LogP contribution >= 0.6 is 0 Å². The SMILES string of the molecule is CCCCCNc1c([N+](=O)[O-])ncn1C. The van der Waals surface area contributed by atoms with Crippen molar-refractivity contribution >= 4 is 11.6 Å². The van der Waals surface area contributed by atoms with Crippen LogP contribution in [0.5, 0.6) is 0 Å². The number of rotatable bonds is 6. The predicted molar refractivity (Wildman–Crippen MR) is 57.9 cm³/mol. The van der Waals surface area contributed by atoms with Crippen molar-refractivity contribution in [2.75, 3.05) is 11.9 Å². The van der Waals surface area contributed by atoms with Crippen LogP contribution in [0.1, 0.15) is 26.2 Å². The Balaban J connectivity index is 2.58. The summed E-state index contributed by atoms with van der Waals surface area (Å²) < 4.78 is 1.63. The van der Waals surface area contributed by atoms with E-state index in [4.69, 9.17) is 0 Å². The molecule has 0 aliphatic heterocycles. The number of nitro groups is 1. The third-order valence-electron chi connectivity index (χ3n) is 2.16. The first kappa shape index (κ1) is 11.5. The molecule has 1 aromatic heterocycles. The zero-order valence-electron chi connectivity index (χ0n) is 9.06. The maximum atomic E-state index is 10.6. The topological polar surface area (TPSA) is 73.0 Å². The normalized spacial score (nSPS) is 10.3. The van der Waals surface area contributed by atoms with Gasteiger partial charge in [-0.1, -0.05) is 19.8 Å². The summed E-state index contributed by atoms with van der Waals surface area (Å²) in [6, 6.07) is 0. The molecule has 0 spiro atoms. The number of aryl methyl sites for hydroxylation is 1. The molecular weight excluding hydrogens is 196 g/mol. The minimum absolute atomic E-state index is 0.103. The second-order valence-corrected chi connectivity index (χ2v) is 3.42. The van der Waals surface area contributed by atoms with Gasteiger partial charge in [0.2, 0.25) is 12.1 Å². The lowest BCUT2D eigenvalue weighted by Gasteiger charge is -2.05. The molecule has 1 N–H and O–H groups in total. The molecule has 6 heteroatoms. The number of imidazole rings is 1. The Morgan fingerprint density at radius 2 is 2.33 bits per heavy atom. The molecular formula is C9H16N4O2. The van der Waals surface area contributed by atoms with Crippen LogP contribution in [0.4, 0.5) is 11.6 Å². The molecule has 0 aliphatic rings. The van der Waals surface area contributed by atoms with Gasteiger partial charge in [0, 0.05) is 13.6 Å². The molecule has 6 nitrogen and oxygen atoms in total. The van der Waals surface area contributed by atoms with E-state index in [-0.39, 0.29) is 5.82 Å². The molecule has 0 bridgehead atoms. The molecule has 1 aromatic rings. The summed E-state index contributed by atoms with van der Waals surface area (Å²) in [4.78, 5) is 13.9. The monoisotopic (exact) mass is 212 g/mol. The number of aromatic nitrogens is 2. The quantitative estimate of drug-likeness (QED) is 0.444. The second kappa shape index (κ2) is 5.33. The summed E-state index contributed by atoms with van der Waals surface area (Å²) in [6.07, 6.45) is 4.72. The van der Waals surface area contributed by atoms with Crippen LogP contribution in [-0.2, 0) is 7.05 Å². The van der Waals surface area contributed by atoms with E-state index in [0.717, 1.165) is 25.8 Å². The van der Waals surface area contributed by atoms with Gasteiger partial charge in [-0.25, -0.2) is 0 Å². The average molecular weight is 212 g/mol. The lowest BCUT2D eigenvalue weighted by molar-refractivity contribution is -0.388. The third kappa shape index (κ3) is 2.93. The van der Waals surface area contributed by atoms with E-state index in [0.29, 0.717) is 5.82 Å². The third-order valence-corrected chi connectivity index (χ3v) is 2.16. The summed E-state index contributed by atoms with van der Waals surface area (Å²) in [6.45, 7) is 2.86. The molecule has 0 saturated carbocycles. The lowest BCUT2D eigenvalue weighted by Crippen LogP contribution is -2.07. The van der Waals surface area contributed by atoms with Crippen molar-refractivity contribution < 1.29 is 4.92 Å². The van der Waals surface area contributed by atoms with E-state index in [9.17, 15) is 10.1 Å². The fourth-order valence-corrected chi connectivity index (χ4v) is 1.34. The molecule has 0 aliphatic carbocycles. The molecule has 0 unspecified atom stereocenters. The fraction of sp³-hybridized carbons (Fsp3) is 0.667. The Kier molecular flexibility index (Phi) is 4.08. The van der Waals surface area contributed by atoms with Gasteiger partial charge in [0.15, 0.2) is 0 Å². The molecule has 0 radical (unpaired) electrons. The number of hydrogen-bond donors (Lipinski definition) is 1. The van der Waals surface area contributed by atoms with Crippen molar-refractivity contribution in [1.82, 2.24) is 9.55 Å². The average Bonchev–Trinajstić information content (AvgIpc) is 2.55. The van der Waals surface area contributed by atoms with Gasteiger partial charge in [-0.05, 0) is 16.3 Å². The standard InChI is InChI=1S/C9H16N4O2/c1-3-4-5-6-10-8-9(13(14)15)11-7-12(8)2/h7,10H,3-6H2,1-2H3. The van der Waals surface area contributed by atoms with Gasteiger partial charge < -0.3 is 15.4 Å². The van der Waals surface area contributed by atoms with Gasteiger partial charge in [0.25, 0.3) is 0 Å². The van der Waals surface area contributed by atoms with Gasteiger partial charge >= 0.3 is 5.82 Å². The van der Waals surface area contributed by atoms with Crippen molar-refractivity contribution in [2.45, 2.75) is 26.2 Å². The highest BCUT2D eigenvalue weighted by molar-refractivity contribution is 5.51. The summed E-state index contributed by atoms with van der Waals surface area (Å²) >= 11 is 0. The lowest BCUT2D eigenvalue weighted by atomic mass is 10.2. The summed E-state index contributed by atoms with van der Waals surface area (Å²) in [7, 11) is 1.74. The van der Waals surface area contributed by atoms with Crippen LogP contribution in [0.25, 0.3) is 0 Å².